The summed E-state index contributed by atoms with van der Waals surface area (Å²) in [4.78, 5) is 23.9. The molecule has 0 heterocycles. The highest BCUT2D eigenvalue weighted by molar-refractivity contribution is 6.48. The van der Waals surface area contributed by atoms with Gasteiger partial charge in [-0.05, 0) is 55.3 Å². The lowest BCUT2D eigenvalue weighted by Crippen LogP contribution is -2.46. The number of alkyl halides is 5. The van der Waals surface area contributed by atoms with Gasteiger partial charge in [-0.2, -0.15) is 13.2 Å². The molecule has 2 atom stereocenters. The van der Waals surface area contributed by atoms with Gasteiger partial charge in [-0.25, -0.2) is 13.2 Å². The maximum atomic E-state index is 15.1. The second-order valence-corrected chi connectivity index (χ2v) is 9.52. The van der Waals surface area contributed by atoms with Crippen LogP contribution in [0.25, 0.3) is 5.83 Å². The van der Waals surface area contributed by atoms with E-state index in [2.05, 4.69) is 5.32 Å². The molecule has 1 unspecified atom stereocenters. The second-order valence-electron chi connectivity index (χ2n) is 8.33. The lowest BCUT2D eigenvalue weighted by molar-refractivity contribution is -0.154. The number of amides is 2. The fourth-order valence-corrected chi connectivity index (χ4v) is 4.00. The van der Waals surface area contributed by atoms with Gasteiger partial charge in [0.1, 0.15) is 12.2 Å². The van der Waals surface area contributed by atoms with Crippen LogP contribution in [-0.4, -0.2) is 30.1 Å². The van der Waals surface area contributed by atoms with Crippen LogP contribution < -0.4 is 10.6 Å². The molecular weight excluding hydrogens is 569 g/mol. The summed E-state index contributed by atoms with van der Waals surface area (Å²) < 4.78 is 80.7. The van der Waals surface area contributed by atoms with Gasteiger partial charge in [0.05, 0.1) is 27.2 Å². The Morgan fingerprint density at radius 3 is 2.05 bits per heavy atom. The molecular formula is C24H21Cl3F6N2O2. The minimum atomic E-state index is -4.70. The van der Waals surface area contributed by atoms with Gasteiger partial charge in [0.15, 0.2) is 0 Å². The summed E-state index contributed by atoms with van der Waals surface area (Å²) in [5.41, 5.74) is 0.0872. The Morgan fingerprint density at radius 1 is 1.00 bits per heavy atom. The highest BCUT2D eigenvalue weighted by Gasteiger charge is 2.35. The van der Waals surface area contributed by atoms with Crippen molar-refractivity contribution < 1.29 is 35.9 Å². The third-order valence-electron chi connectivity index (χ3n) is 5.06. The SMILES string of the molecule is Cc1cc(/C(F)=C/C(c2cc(Cl)c(Cl)c(Cl)c2)C(C)(F)F)ccc1C(=O)N[C@H](C)NC(=O)CC(F)(F)F. The van der Waals surface area contributed by atoms with E-state index < -0.39 is 48.2 Å². The van der Waals surface area contributed by atoms with Crippen molar-refractivity contribution in [2.24, 2.45) is 0 Å². The van der Waals surface area contributed by atoms with E-state index in [4.69, 9.17) is 34.8 Å². The zero-order valence-corrected chi connectivity index (χ0v) is 21.8. The summed E-state index contributed by atoms with van der Waals surface area (Å²) in [6.07, 6.45) is -6.85. The molecule has 0 aliphatic heterocycles. The largest absolute Gasteiger partial charge is 0.397 e. The van der Waals surface area contributed by atoms with Crippen LogP contribution in [-0.2, 0) is 4.79 Å². The molecule has 0 saturated carbocycles. The molecule has 0 spiro atoms. The van der Waals surface area contributed by atoms with Crippen molar-refractivity contribution in [1.29, 1.82) is 0 Å². The monoisotopic (exact) mass is 588 g/mol. The zero-order valence-electron chi connectivity index (χ0n) is 19.5. The fourth-order valence-electron chi connectivity index (χ4n) is 3.38. The molecule has 2 aromatic rings. The summed E-state index contributed by atoms with van der Waals surface area (Å²) in [7, 11) is 0. The molecule has 37 heavy (non-hydrogen) atoms. The molecule has 0 fully saturated rings. The van der Waals surface area contributed by atoms with E-state index in [1.807, 2.05) is 5.32 Å². The Bertz CT molecular complexity index is 1190. The van der Waals surface area contributed by atoms with E-state index in [0.717, 1.165) is 12.1 Å². The van der Waals surface area contributed by atoms with E-state index >= 15 is 4.39 Å². The molecule has 0 saturated heterocycles. The van der Waals surface area contributed by atoms with Gasteiger partial charge in [0.2, 0.25) is 5.91 Å². The molecule has 202 valence electrons. The van der Waals surface area contributed by atoms with Crippen molar-refractivity contribution in [1.82, 2.24) is 10.6 Å². The number of halogens is 9. The van der Waals surface area contributed by atoms with Crippen LogP contribution in [0.15, 0.2) is 36.4 Å². The number of carbonyl (C=O) groups is 2. The second kappa shape index (κ2) is 12.0. The Morgan fingerprint density at radius 2 is 1.57 bits per heavy atom. The van der Waals surface area contributed by atoms with Crippen molar-refractivity contribution in [3.8, 4) is 0 Å². The molecule has 2 amide bonds. The number of allylic oxidation sites excluding steroid dienone is 1. The average molecular weight is 590 g/mol. The third kappa shape index (κ3) is 8.83. The summed E-state index contributed by atoms with van der Waals surface area (Å²) in [5.74, 6) is -8.28. The van der Waals surface area contributed by atoms with Gasteiger partial charge in [0, 0.05) is 18.1 Å². The van der Waals surface area contributed by atoms with Crippen LogP contribution >= 0.6 is 34.8 Å². The fraction of sp³-hybridized carbons (Fsp3) is 0.333. The third-order valence-corrected chi connectivity index (χ3v) is 6.25. The number of hydrogen-bond donors (Lipinski definition) is 2. The van der Waals surface area contributed by atoms with E-state index in [1.165, 1.54) is 32.0 Å². The Hall–Kier alpha value is -2.43. The predicted octanol–water partition coefficient (Wildman–Crippen LogP) is 7.85. The Labute approximate surface area is 224 Å². The summed E-state index contributed by atoms with van der Waals surface area (Å²) >= 11 is 17.7. The van der Waals surface area contributed by atoms with Crippen molar-refractivity contribution >= 4 is 52.4 Å². The number of carbonyl (C=O) groups excluding carboxylic acids is 2. The standard InChI is InChI=1S/C24H21Cl3F6N2O2/c1-11-6-13(4-5-15(11)22(37)35-12(2)34-20(36)10-24(31,32)33)19(28)9-16(23(3,29)30)14-7-17(25)21(27)18(26)8-14/h4-9,12,16H,10H2,1-3H3,(H,34,36)(H,35,37)/b19-9-/t12-,16?/m1/s1. The van der Waals surface area contributed by atoms with Crippen LogP contribution in [0.5, 0.6) is 0 Å². The van der Waals surface area contributed by atoms with Crippen molar-refractivity contribution in [2.75, 3.05) is 0 Å². The van der Waals surface area contributed by atoms with Crippen molar-refractivity contribution in [2.45, 2.75) is 51.4 Å². The Balaban J connectivity index is 2.26. The molecule has 2 aromatic carbocycles. The summed E-state index contributed by atoms with van der Waals surface area (Å²) in [6.45, 7) is 3.31. The first-order chi connectivity index (χ1) is 16.9. The lowest BCUT2D eigenvalue weighted by atomic mass is 9.91. The van der Waals surface area contributed by atoms with Crippen molar-refractivity contribution in [3.05, 3.63) is 73.7 Å². The zero-order chi connectivity index (χ0) is 28.3. The van der Waals surface area contributed by atoms with Gasteiger partial charge >= 0.3 is 6.18 Å². The normalized spacial score (nSPS) is 14.2. The van der Waals surface area contributed by atoms with Crippen LogP contribution in [0.4, 0.5) is 26.3 Å². The van der Waals surface area contributed by atoms with Crippen LogP contribution in [0.2, 0.25) is 15.1 Å². The highest BCUT2D eigenvalue weighted by Crippen LogP contribution is 2.41. The van der Waals surface area contributed by atoms with E-state index in [1.54, 1.807) is 0 Å². The molecule has 13 heteroatoms. The highest BCUT2D eigenvalue weighted by atomic mass is 35.5. The predicted molar refractivity (Wildman–Crippen MR) is 131 cm³/mol. The summed E-state index contributed by atoms with van der Waals surface area (Å²) in [6, 6.07) is 5.95. The van der Waals surface area contributed by atoms with Gasteiger partial charge < -0.3 is 10.6 Å². The Kier molecular flexibility index (Phi) is 9.95. The quantitative estimate of drug-likeness (QED) is 0.187. The van der Waals surface area contributed by atoms with Gasteiger partial charge in [-0.1, -0.05) is 40.9 Å². The smallest absolute Gasteiger partial charge is 0.336 e. The minimum Gasteiger partial charge on any atom is -0.336 e. The van der Waals surface area contributed by atoms with E-state index in [9.17, 15) is 31.5 Å². The first-order valence-corrected chi connectivity index (χ1v) is 11.7. The molecule has 2 N–H and O–H groups in total. The van der Waals surface area contributed by atoms with Crippen molar-refractivity contribution in [3.63, 3.8) is 0 Å². The molecule has 4 nitrogen and oxygen atoms in total. The summed E-state index contributed by atoms with van der Waals surface area (Å²) in [5, 5.41) is 4.10. The van der Waals surface area contributed by atoms with E-state index in [0.29, 0.717) is 13.0 Å². The topological polar surface area (TPSA) is 58.2 Å². The molecule has 0 aliphatic rings. The maximum Gasteiger partial charge on any atom is 0.397 e. The molecule has 0 radical (unpaired) electrons. The molecule has 0 aliphatic carbocycles. The van der Waals surface area contributed by atoms with Gasteiger partial charge in [-0.3, -0.25) is 9.59 Å². The van der Waals surface area contributed by atoms with Crippen LogP contribution in [0, 0.1) is 6.92 Å². The first kappa shape index (κ1) is 30.8. The molecule has 0 aromatic heterocycles. The lowest BCUT2D eigenvalue weighted by Gasteiger charge is -2.22. The average Bonchev–Trinajstić information content (AvgIpc) is 2.72. The number of hydrogen-bond acceptors (Lipinski definition) is 2. The maximum absolute atomic E-state index is 15.1. The number of rotatable bonds is 8. The molecule has 2 rings (SSSR count). The number of nitrogens with one attached hydrogen (secondary N) is 2. The van der Waals surface area contributed by atoms with Gasteiger partial charge in [0.25, 0.3) is 11.8 Å². The van der Waals surface area contributed by atoms with Crippen LogP contribution in [0.1, 0.15) is 53.2 Å². The first-order valence-electron chi connectivity index (χ1n) is 10.6. The molecule has 0 bridgehead atoms. The number of benzene rings is 2. The van der Waals surface area contributed by atoms with Crippen LogP contribution in [0.3, 0.4) is 0 Å². The minimum absolute atomic E-state index is 0.0297. The van der Waals surface area contributed by atoms with E-state index in [-0.39, 0.29) is 37.3 Å². The van der Waals surface area contributed by atoms with Gasteiger partial charge in [-0.15, -0.1) is 0 Å². The number of aryl methyl sites for hydroxylation is 1.